The van der Waals surface area contributed by atoms with Crippen molar-refractivity contribution in [2.45, 2.75) is 37.5 Å². The summed E-state index contributed by atoms with van der Waals surface area (Å²) in [5.74, 6) is 0. The smallest absolute Gasteiger partial charge is 0.124 e. The maximum Gasteiger partial charge on any atom is 0.124 e. The van der Waals surface area contributed by atoms with Gasteiger partial charge in [0.1, 0.15) is 6.26 Å². The van der Waals surface area contributed by atoms with E-state index in [1.165, 1.54) is 19.3 Å². The predicted molar refractivity (Wildman–Crippen MR) is 50.3 cm³/mol. The molecule has 1 heterocycles. The first-order valence-corrected chi connectivity index (χ1v) is 4.98. The molecule has 0 radical (unpaired) electrons. The first-order valence-electron chi connectivity index (χ1n) is 4.98. The molecule has 72 valence electrons. The van der Waals surface area contributed by atoms with Gasteiger partial charge in [0.05, 0.1) is 5.69 Å². The average Bonchev–Trinajstić information content (AvgIpc) is 2.72. The number of hydrogen-bond acceptors (Lipinski definition) is 3. The van der Waals surface area contributed by atoms with E-state index in [9.17, 15) is 0 Å². The Bertz CT molecular complexity index is 250. The van der Waals surface area contributed by atoms with Crippen molar-refractivity contribution in [3.8, 4) is 0 Å². The molecule has 1 aromatic heterocycles. The Morgan fingerprint density at radius 2 is 2.15 bits per heavy atom. The fourth-order valence-corrected chi connectivity index (χ4v) is 2.28. The monoisotopic (exact) mass is 180 g/mol. The fourth-order valence-electron chi connectivity index (χ4n) is 2.28. The van der Waals surface area contributed by atoms with Crippen molar-refractivity contribution in [2.24, 2.45) is 5.73 Å². The molecule has 1 aromatic rings. The molecule has 0 amide bonds. The Hall–Kier alpha value is -0.830. The van der Waals surface area contributed by atoms with Crippen molar-refractivity contribution in [3.05, 3.63) is 18.0 Å². The predicted octanol–water partition coefficient (Wildman–Crippen LogP) is 1.84. The molecule has 0 bridgehead atoms. The lowest BCUT2D eigenvalue weighted by Gasteiger charge is -2.34. The quantitative estimate of drug-likeness (QED) is 0.755. The van der Waals surface area contributed by atoms with Crippen LogP contribution in [0.2, 0.25) is 0 Å². The molecule has 3 heteroatoms. The fraction of sp³-hybridized carbons (Fsp3) is 0.700. The molecule has 3 nitrogen and oxygen atoms in total. The highest BCUT2D eigenvalue weighted by Gasteiger charge is 2.34. The summed E-state index contributed by atoms with van der Waals surface area (Å²) in [4.78, 5) is 0. The van der Waals surface area contributed by atoms with Crippen LogP contribution >= 0.6 is 0 Å². The second-order valence-electron chi connectivity index (χ2n) is 3.93. The van der Waals surface area contributed by atoms with Gasteiger partial charge in [-0.05, 0) is 12.8 Å². The van der Waals surface area contributed by atoms with Gasteiger partial charge in [0.15, 0.2) is 0 Å². The van der Waals surface area contributed by atoms with Gasteiger partial charge in [-0.15, -0.1) is 0 Å². The van der Waals surface area contributed by atoms with Crippen molar-refractivity contribution < 1.29 is 4.52 Å². The van der Waals surface area contributed by atoms with E-state index >= 15 is 0 Å². The van der Waals surface area contributed by atoms with Crippen LogP contribution in [0.5, 0.6) is 0 Å². The lowest BCUT2D eigenvalue weighted by molar-refractivity contribution is 0.278. The third-order valence-electron chi connectivity index (χ3n) is 3.18. The van der Waals surface area contributed by atoms with Crippen molar-refractivity contribution in [1.82, 2.24) is 5.16 Å². The lowest BCUT2D eigenvalue weighted by atomic mass is 9.72. The van der Waals surface area contributed by atoms with Crippen LogP contribution in [0.3, 0.4) is 0 Å². The summed E-state index contributed by atoms with van der Waals surface area (Å²) in [6, 6.07) is 1.96. The topological polar surface area (TPSA) is 52.0 Å². The molecule has 1 saturated carbocycles. The van der Waals surface area contributed by atoms with E-state index < -0.39 is 0 Å². The zero-order valence-electron chi connectivity index (χ0n) is 7.83. The first-order chi connectivity index (χ1) is 6.37. The highest BCUT2D eigenvalue weighted by Crippen LogP contribution is 2.37. The van der Waals surface area contributed by atoms with Gasteiger partial charge in [-0.2, -0.15) is 0 Å². The van der Waals surface area contributed by atoms with Crippen LogP contribution in [0.1, 0.15) is 37.8 Å². The Labute approximate surface area is 78.3 Å². The SMILES string of the molecule is NCC1(c2ccon2)CCCCC1. The number of rotatable bonds is 2. The molecule has 2 rings (SSSR count). The van der Waals surface area contributed by atoms with Crippen molar-refractivity contribution >= 4 is 0 Å². The Morgan fingerprint density at radius 3 is 2.69 bits per heavy atom. The number of hydrogen-bond donors (Lipinski definition) is 1. The van der Waals surface area contributed by atoms with Crippen LogP contribution in [0.4, 0.5) is 0 Å². The number of nitrogens with two attached hydrogens (primary N) is 1. The van der Waals surface area contributed by atoms with Gasteiger partial charge in [0, 0.05) is 18.0 Å². The Balaban J connectivity index is 2.23. The molecule has 0 atom stereocenters. The molecule has 0 saturated heterocycles. The first kappa shape index (κ1) is 8.75. The molecular weight excluding hydrogens is 164 g/mol. The third kappa shape index (κ3) is 1.48. The summed E-state index contributed by atoms with van der Waals surface area (Å²) >= 11 is 0. The molecule has 0 aromatic carbocycles. The number of aromatic nitrogens is 1. The normalized spacial score (nSPS) is 21.6. The lowest BCUT2D eigenvalue weighted by Crippen LogP contribution is -2.37. The van der Waals surface area contributed by atoms with E-state index in [0.29, 0.717) is 6.54 Å². The van der Waals surface area contributed by atoms with Crippen LogP contribution in [0.15, 0.2) is 16.9 Å². The summed E-state index contributed by atoms with van der Waals surface area (Å²) in [7, 11) is 0. The highest BCUT2D eigenvalue weighted by molar-refractivity contribution is 5.15. The maximum atomic E-state index is 5.85. The van der Waals surface area contributed by atoms with Gasteiger partial charge in [-0.3, -0.25) is 0 Å². The molecule has 0 aliphatic heterocycles. The van der Waals surface area contributed by atoms with Crippen molar-refractivity contribution in [2.75, 3.05) is 6.54 Å². The Morgan fingerprint density at radius 1 is 1.38 bits per heavy atom. The van der Waals surface area contributed by atoms with Gasteiger partial charge >= 0.3 is 0 Å². The zero-order valence-corrected chi connectivity index (χ0v) is 7.83. The molecule has 1 fully saturated rings. The van der Waals surface area contributed by atoms with Gasteiger partial charge in [0.2, 0.25) is 0 Å². The molecule has 2 N–H and O–H groups in total. The largest absolute Gasteiger partial charge is 0.364 e. The summed E-state index contributed by atoms with van der Waals surface area (Å²) in [6.07, 6.45) is 7.83. The molecule has 1 aliphatic rings. The minimum atomic E-state index is 0.116. The molecule has 0 spiro atoms. The van der Waals surface area contributed by atoms with Crippen LogP contribution in [-0.2, 0) is 5.41 Å². The van der Waals surface area contributed by atoms with E-state index in [1.54, 1.807) is 6.26 Å². The maximum absolute atomic E-state index is 5.85. The van der Waals surface area contributed by atoms with Gasteiger partial charge < -0.3 is 10.3 Å². The van der Waals surface area contributed by atoms with Crippen molar-refractivity contribution in [1.29, 1.82) is 0 Å². The number of nitrogens with zero attached hydrogens (tertiary/aromatic N) is 1. The third-order valence-corrected chi connectivity index (χ3v) is 3.18. The molecule has 13 heavy (non-hydrogen) atoms. The second kappa shape index (κ2) is 3.50. The minimum absolute atomic E-state index is 0.116. The van der Waals surface area contributed by atoms with Crippen molar-refractivity contribution in [3.63, 3.8) is 0 Å². The van der Waals surface area contributed by atoms with E-state index in [4.69, 9.17) is 10.3 Å². The Kier molecular flexibility index (Phi) is 2.36. The van der Waals surface area contributed by atoms with E-state index in [1.807, 2.05) is 6.07 Å². The standard InChI is InChI=1S/C10H16N2O/c11-8-10(5-2-1-3-6-10)9-4-7-13-12-9/h4,7H,1-3,5-6,8,11H2. The summed E-state index contributed by atoms with van der Waals surface area (Å²) in [5.41, 5.74) is 7.01. The van der Waals surface area contributed by atoms with Crippen LogP contribution in [0.25, 0.3) is 0 Å². The van der Waals surface area contributed by atoms with Crippen LogP contribution in [0, 0.1) is 0 Å². The minimum Gasteiger partial charge on any atom is -0.364 e. The molecule has 1 aliphatic carbocycles. The van der Waals surface area contributed by atoms with E-state index in [-0.39, 0.29) is 5.41 Å². The van der Waals surface area contributed by atoms with E-state index in [0.717, 1.165) is 18.5 Å². The molecular formula is C10H16N2O. The highest BCUT2D eigenvalue weighted by atomic mass is 16.5. The van der Waals surface area contributed by atoms with Crippen LogP contribution in [-0.4, -0.2) is 11.7 Å². The van der Waals surface area contributed by atoms with E-state index in [2.05, 4.69) is 5.16 Å². The molecule has 0 unspecified atom stereocenters. The summed E-state index contributed by atoms with van der Waals surface area (Å²) in [5, 5.41) is 4.03. The second-order valence-corrected chi connectivity index (χ2v) is 3.93. The summed E-state index contributed by atoms with van der Waals surface area (Å²) in [6.45, 7) is 0.694. The summed E-state index contributed by atoms with van der Waals surface area (Å²) < 4.78 is 4.89. The van der Waals surface area contributed by atoms with Crippen LogP contribution < -0.4 is 5.73 Å². The van der Waals surface area contributed by atoms with Gasteiger partial charge in [-0.1, -0.05) is 24.4 Å². The van der Waals surface area contributed by atoms with Gasteiger partial charge in [-0.25, -0.2) is 0 Å². The van der Waals surface area contributed by atoms with Gasteiger partial charge in [0.25, 0.3) is 0 Å². The average molecular weight is 180 g/mol. The zero-order chi connectivity index (χ0) is 9.15.